The Hall–Kier alpha value is -0.700. The fourth-order valence-electron chi connectivity index (χ4n) is 0.999. The van der Waals surface area contributed by atoms with Gasteiger partial charge in [-0.2, -0.15) is 4.91 Å². The monoisotopic (exact) mass is 227 g/mol. The maximum Gasteiger partial charge on any atom is 0.0814 e. The number of hydrogen-bond donors (Lipinski definition) is 0. The summed E-state index contributed by atoms with van der Waals surface area (Å²) >= 11 is 3.36. The Bertz CT molecular complexity index is 245. The Balaban J connectivity index is 2.42. The molecule has 0 aliphatic heterocycles. The summed E-state index contributed by atoms with van der Waals surface area (Å²) in [5, 5.41) is 2.81. The average molecular weight is 228 g/mol. The molecule has 12 heavy (non-hydrogen) atoms. The topological polar surface area (TPSA) is 29.4 Å². The van der Waals surface area contributed by atoms with Crippen molar-refractivity contribution in [2.45, 2.75) is 12.8 Å². The van der Waals surface area contributed by atoms with Crippen LogP contribution in [0.25, 0.3) is 0 Å². The van der Waals surface area contributed by atoms with E-state index in [1.54, 1.807) is 0 Å². The molecule has 0 heterocycles. The molecule has 0 saturated carbocycles. The summed E-state index contributed by atoms with van der Waals surface area (Å²) in [7, 11) is 0. The van der Waals surface area contributed by atoms with Crippen LogP contribution in [0.5, 0.6) is 0 Å². The number of nitrogens with zero attached hydrogens (tertiary/aromatic N) is 1. The van der Waals surface area contributed by atoms with Crippen molar-refractivity contribution < 1.29 is 0 Å². The van der Waals surface area contributed by atoms with Crippen molar-refractivity contribution in [3.05, 3.63) is 39.2 Å². The largest absolute Gasteiger partial charge is 0.151 e. The summed E-state index contributed by atoms with van der Waals surface area (Å²) in [6, 6.07) is 8.11. The van der Waals surface area contributed by atoms with Crippen LogP contribution >= 0.6 is 15.9 Å². The molecule has 2 nitrogen and oxygen atoms in total. The van der Waals surface area contributed by atoms with Crippen molar-refractivity contribution in [3.63, 3.8) is 0 Å². The van der Waals surface area contributed by atoms with E-state index in [0.29, 0.717) is 6.54 Å². The van der Waals surface area contributed by atoms with Gasteiger partial charge >= 0.3 is 0 Å². The fraction of sp³-hybridized carbons (Fsp3) is 0.333. The van der Waals surface area contributed by atoms with Gasteiger partial charge in [-0.15, -0.1) is 0 Å². The molecular formula is C9H10BrNO. The van der Waals surface area contributed by atoms with Gasteiger partial charge in [0.2, 0.25) is 0 Å². The number of halogens is 1. The van der Waals surface area contributed by atoms with Crippen LogP contribution in [-0.2, 0) is 6.42 Å². The lowest BCUT2D eigenvalue weighted by atomic mass is 10.1. The Labute approximate surface area is 80.1 Å². The van der Waals surface area contributed by atoms with Gasteiger partial charge in [0, 0.05) is 4.47 Å². The summed E-state index contributed by atoms with van der Waals surface area (Å²) in [6.07, 6.45) is 1.77. The number of nitroso groups, excluding NO2 is 1. The standard InChI is InChI=1S/C9H10BrNO/c10-9-5-3-8(4-6-9)2-1-7-11-12/h3-6H,1-2,7H2. The van der Waals surface area contributed by atoms with Gasteiger partial charge in [0.1, 0.15) is 0 Å². The Morgan fingerprint density at radius 3 is 2.50 bits per heavy atom. The van der Waals surface area contributed by atoms with Crippen LogP contribution < -0.4 is 0 Å². The maximum absolute atomic E-state index is 9.79. The zero-order chi connectivity index (χ0) is 8.81. The zero-order valence-corrected chi connectivity index (χ0v) is 8.25. The molecule has 0 N–H and O–H groups in total. The molecule has 0 bridgehead atoms. The SMILES string of the molecule is O=NCCCc1ccc(Br)cc1. The molecule has 0 spiro atoms. The highest BCUT2D eigenvalue weighted by Gasteiger charge is 1.92. The van der Waals surface area contributed by atoms with E-state index < -0.39 is 0 Å². The molecule has 0 saturated heterocycles. The predicted molar refractivity (Wildman–Crippen MR) is 53.1 cm³/mol. The molecule has 0 aliphatic carbocycles. The Morgan fingerprint density at radius 1 is 1.25 bits per heavy atom. The fourth-order valence-corrected chi connectivity index (χ4v) is 1.26. The molecule has 0 radical (unpaired) electrons. The molecule has 1 aromatic carbocycles. The third-order valence-corrected chi connectivity index (χ3v) is 2.16. The van der Waals surface area contributed by atoms with Crippen molar-refractivity contribution in [3.8, 4) is 0 Å². The smallest absolute Gasteiger partial charge is 0.0814 e. The second kappa shape index (κ2) is 5.04. The number of benzene rings is 1. The Kier molecular flexibility index (Phi) is 3.94. The first-order valence-corrected chi connectivity index (χ1v) is 4.66. The minimum atomic E-state index is 0.413. The van der Waals surface area contributed by atoms with Crippen LogP contribution in [-0.4, -0.2) is 6.54 Å². The van der Waals surface area contributed by atoms with E-state index in [4.69, 9.17) is 0 Å². The molecule has 0 fully saturated rings. The summed E-state index contributed by atoms with van der Waals surface area (Å²) in [5.41, 5.74) is 1.25. The second-order valence-corrected chi connectivity index (χ2v) is 3.50. The molecule has 0 aromatic heterocycles. The molecule has 0 amide bonds. The minimum Gasteiger partial charge on any atom is -0.151 e. The lowest BCUT2D eigenvalue weighted by Crippen LogP contribution is -1.86. The van der Waals surface area contributed by atoms with Crippen molar-refractivity contribution >= 4 is 15.9 Å². The van der Waals surface area contributed by atoms with Crippen LogP contribution in [0, 0.1) is 4.91 Å². The van der Waals surface area contributed by atoms with Gasteiger partial charge in [0.25, 0.3) is 0 Å². The number of aryl methyl sites for hydroxylation is 1. The number of hydrogen-bond acceptors (Lipinski definition) is 2. The quantitative estimate of drug-likeness (QED) is 0.574. The molecule has 0 atom stereocenters. The highest BCUT2D eigenvalue weighted by atomic mass is 79.9. The summed E-state index contributed by atoms with van der Waals surface area (Å²) in [6.45, 7) is 0.413. The van der Waals surface area contributed by atoms with Gasteiger partial charge in [0.15, 0.2) is 0 Å². The van der Waals surface area contributed by atoms with E-state index in [-0.39, 0.29) is 0 Å². The third-order valence-electron chi connectivity index (χ3n) is 1.63. The van der Waals surface area contributed by atoms with Gasteiger partial charge in [-0.25, -0.2) is 0 Å². The molecule has 3 heteroatoms. The van der Waals surface area contributed by atoms with E-state index in [1.165, 1.54) is 5.56 Å². The molecule has 0 unspecified atom stereocenters. The van der Waals surface area contributed by atoms with Gasteiger partial charge < -0.3 is 0 Å². The first kappa shape index (κ1) is 9.39. The van der Waals surface area contributed by atoms with E-state index in [1.807, 2.05) is 12.1 Å². The zero-order valence-electron chi connectivity index (χ0n) is 6.66. The third kappa shape index (κ3) is 3.13. The van der Waals surface area contributed by atoms with Crippen LogP contribution in [0.1, 0.15) is 12.0 Å². The van der Waals surface area contributed by atoms with Crippen molar-refractivity contribution in [1.82, 2.24) is 0 Å². The van der Waals surface area contributed by atoms with Crippen LogP contribution in [0.15, 0.2) is 33.9 Å². The van der Waals surface area contributed by atoms with Crippen molar-refractivity contribution in [2.24, 2.45) is 5.18 Å². The lowest BCUT2D eigenvalue weighted by molar-refractivity contribution is 0.829. The van der Waals surface area contributed by atoms with Crippen LogP contribution in [0.4, 0.5) is 0 Å². The van der Waals surface area contributed by atoms with E-state index in [9.17, 15) is 4.91 Å². The average Bonchev–Trinajstić information content (AvgIpc) is 2.09. The number of rotatable bonds is 4. The van der Waals surface area contributed by atoms with E-state index >= 15 is 0 Å². The Morgan fingerprint density at radius 2 is 1.92 bits per heavy atom. The van der Waals surface area contributed by atoms with Crippen molar-refractivity contribution in [2.75, 3.05) is 6.54 Å². The first-order valence-electron chi connectivity index (χ1n) is 3.86. The first-order chi connectivity index (χ1) is 5.83. The normalized spacial score (nSPS) is 9.75. The van der Waals surface area contributed by atoms with Gasteiger partial charge in [-0.05, 0) is 30.5 Å². The van der Waals surface area contributed by atoms with Gasteiger partial charge in [-0.3, -0.25) is 0 Å². The highest BCUT2D eigenvalue weighted by Crippen LogP contribution is 2.11. The summed E-state index contributed by atoms with van der Waals surface area (Å²) in [4.78, 5) is 9.79. The maximum atomic E-state index is 9.79. The second-order valence-electron chi connectivity index (χ2n) is 2.58. The van der Waals surface area contributed by atoms with E-state index in [2.05, 4.69) is 33.2 Å². The van der Waals surface area contributed by atoms with Crippen molar-refractivity contribution in [1.29, 1.82) is 0 Å². The van der Waals surface area contributed by atoms with Gasteiger partial charge in [-0.1, -0.05) is 33.2 Å². The molecule has 64 valence electrons. The van der Waals surface area contributed by atoms with Gasteiger partial charge in [0.05, 0.1) is 6.54 Å². The molecular weight excluding hydrogens is 218 g/mol. The molecule has 1 aromatic rings. The summed E-state index contributed by atoms with van der Waals surface area (Å²) in [5.74, 6) is 0. The van der Waals surface area contributed by atoms with Crippen LogP contribution in [0.3, 0.4) is 0 Å². The molecule has 1 rings (SSSR count). The minimum absolute atomic E-state index is 0.413. The van der Waals surface area contributed by atoms with E-state index in [0.717, 1.165) is 17.3 Å². The lowest BCUT2D eigenvalue weighted by Gasteiger charge is -1.97. The summed E-state index contributed by atoms with van der Waals surface area (Å²) < 4.78 is 1.08. The highest BCUT2D eigenvalue weighted by molar-refractivity contribution is 9.10. The molecule has 0 aliphatic rings. The van der Waals surface area contributed by atoms with Crippen LogP contribution in [0.2, 0.25) is 0 Å². The predicted octanol–water partition coefficient (Wildman–Crippen LogP) is 3.15.